The summed E-state index contributed by atoms with van der Waals surface area (Å²) in [4.78, 5) is 25.8. The Morgan fingerprint density at radius 3 is 2.57 bits per heavy atom. The summed E-state index contributed by atoms with van der Waals surface area (Å²) in [6, 6.07) is 7.52. The molecule has 10 heteroatoms. The molecular formula is C27H38N6O4. The van der Waals surface area contributed by atoms with E-state index in [9.17, 15) is 4.79 Å². The molecule has 1 amide bonds. The van der Waals surface area contributed by atoms with E-state index in [4.69, 9.17) is 24.2 Å². The van der Waals surface area contributed by atoms with Gasteiger partial charge < -0.3 is 30.2 Å². The maximum atomic E-state index is 11.7. The number of benzene rings is 1. The highest BCUT2D eigenvalue weighted by Gasteiger charge is 2.26. The molecule has 0 unspecified atom stereocenters. The maximum absolute atomic E-state index is 11.7. The Morgan fingerprint density at radius 2 is 1.89 bits per heavy atom. The molecule has 1 aromatic carbocycles. The minimum Gasteiger partial charge on any atom is -0.497 e. The molecule has 0 saturated carbocycles. The third-order valence-corrected chi connectivity index (χ3v) is 5.98. The van der Waals surface area contributed by atoms with Crippen molar-refractivity contribution in [1.82, 2.24) is 20.3 Å². The van der Waals surface area contributed by atoms with Gasteiger partial charge in [0, 0.05) is 37.7 Å². The lowest BCUT2D eigenvalue weighted by atomic mass is 9.94. The van der Waals surface area contributed by atoms with Crippen molar-refractivity contribution in [3.63, 3.8) is 0 Å². The van der Waals surface area contributed by atoms with Crippen molar-refractivity contribution in [3.05, 3.63) is 36.0 Å². The molecule has 0 saturated heterocycles. The molecule has 0 aliphatic rings. The van der Waals surface area contributed by atoms with Crippen LogP contribution in [0.2, 0.25) is 0 Å². The molecule has 0 bridgehead atoms. The van der Waals surface area contributed by atoms with Crippen molar-refractivity contribution in [1.29, 1.82) is 0 Å². The first-order valence-electron chi connectivity index (χ1n) is 12.6. The van der Waals surface area contributed by atoms with Crippen LogP contribution >= 0.6 is 0 Å². The van der Waals surface area contributed by atoms with Gasteiger partial charge in [-0.05, 0) is 32.4 Å². The van der Waals surface area contributed by atoms with Crippen molar-refractivity contribution in [2.45, 2.75) is 59.0 Å². The number of hydrogen-bond acceptors (Lipinski definition) is 9. The summed E-state index contributed by atoms with van der Waals surface area (Å²) >= 11 is 0. The molecule has 1 atom stereocenters. The first-order valence-corrected chi connectivity index (χ1v) is 12.6. The number of carbonyl (C=O) groups is 1. The number of hydrogen-bond donors (Lipinski definition) is 3. The van der Waals surface area contributed by atoms with Gasteiger partial charge >= 0.3 is 0 Å². The first-order chi connectivity index (χ1) is 17.8. The fourth-order valence-electron chi connectivity index (χ4n) is 3.95. The number of amides is 1. The zero-order chi connectivity index (χ0) is 26.8. The molecule has 10 nitrogen and oxygen atoms in total. The number of ether oxygens (including phenoxy) is 3. The summed E-state index contributed by atoms with van der Waals surface area (Å²) < 4.78 is 16.5. The number of carbonyl (C=O) groups excluding carboxylic acids is 1. The van der Waals surface area contributed by atoms with Gasteiger partial charge in [0.1, 0.15) is 28.3 Å². The quantitative estimate of drug-likeness (QED) is 0.287. The van der Waals surface area contributed by atoms with Crippen molar-refractivity contribution < 1.29 is 19.0 Å². The molecule has 0 fully saturated rings. The van der Waals surface area contributed by atoms with Gasteiger partial charge in [-0.25, -0.2) is 9.97 Å². The van der Waals surface area contributed by atoms with Crippen molar-refractivity contribution >= 4 is 28.7 Å². The molecule has 0 radical (unpaired) electrons. The van der Waals surface area contributed by atoms with Crippen LogP contribution in [-0.4, -0.2) is 53.8 Å². The Morgan fingerprint density at radius 1 is 1.08 bits per heavy atom. The summed E-state index contributed by atoms with van der Waals surface area (Å²) in [5.41, 5.74) is 1.77. The van der Waals surface area contributed by atoms with E-state index in [1.54, 1.807) is 20.4 Å². The Labute approximate surface area is 218 Å². The van der Waals surface area contributed by atoms with Crippen LogP contribution in [-0.2, 0) is 11.3 Å². The lowest BCUT2D eigenvalue weighted by Gasteiger charge is -2.32. The number of aromatic nitrogens is 3. The lowest BCUT2D eigenvalue weighted by Crippen LogP contribution is -2.46. The predicted molar refractivity (Wildman–Crippen MR) is 146 cm³/mol. The van der Waals surface area contributed by atoms with Crippen LogP contribution in [0, 0.1) is 0 Å². The third-order valence-electron chi connectivity index (χ3n) is 5.98. The number of anilines is 2. The van der Waals surface area contributed by atoms with E-state index >= 15 is 0 Å². The number of rotatable bonds is 14. The first kappa shape index (κ1) is 27.8. The average Bonchev–Trinajstić information content (AvgIpc) is 2.89. The van der Waals surface area contributed by atoms with E-state index in [1.165, 1.54) is 6.92 Å². The van der Waals surface area contributed by atoms with Crippen LogP contribution < -0.4 is 30.2 Å². The van der Waals surface area contributed by atoms with Gasteiger partial charge in [-0.3, -0.25) is 4.79 Å². The number of unbranched alkanes of at least 4 members (excludes halogenated alkanes) is 1. The Bertz CT molecular complexity index is 1200. The van der Waals surface area contributed by atoms with Crippen molar-refractivity contribution in [3.8, 4) is 17.2 Å². The standard InChI is InChI=1S/C27H38N6O4/c1-7-9-12-27(4,17-30-18(3)34)33-25-24-22(13-21(16-28-24)37-8-2)31-26(32-25)29-15-19-10-11-20(35-5)14-23(19)36-6/h10-11,13-14,16H,7-9,12,15,17H2,1-6H3,(H,30,34)(H2,29,31,32,33)/t27-/m1/s1. The maximum Gasteiger partial charge on any atom is 0.225 e. The van der Waals surface area contributed by atoms with E-state index in [2.05, 4.69) is 34.8 Å². The van der Waals surface area contributed by atoms with Gasteiger partial charge in [0.15, 0.2) is 5.82 Å². The number of methoxy groups -OCH3 is 2. The van der Waals surface area contributed by atoms with E-state index in [0.29, 0.717) is 59.7 Å². The normalized spacial score (nSPS) is 12.5. The minimum atomic E-state index is -0.431. The second-order valence-electron chi connectivity index (χ2n) is 9.10. The zero-order valence-corrected chi connectivity index (χ0v) is 22.6. The van der Waals surface area contributed by atoms with Crippen LogP contribution in [0.5, 0.6) is 17.2 Å². The van der Waals surface area contributed by atoms with Crippen LogP contribution in [0.1, 0.15) is 52.5 Å². The average molecular weight is 511 g/mol. The molecule has 0 aliphatic heterocycles. The van der Waals surface area contributed by atoms with Gasteiger partial charge in [-0.1, -0.05) is 19.8 Å². The summed E-state index contributed by atoms with van der Waals surface area (Å²) in [5.74, 6) is 2.99. The predicted octanol–water partition coefficient (Wildman–Crippen LogP) is 4.55. The van der Waals surface area contributed by atoms with E-state index in [-0.39, 0.29) is 5.91 Å². The number of nitrogens with one attached hydrogen (secondary N) is 3. The largest absolute Gasteiger partial charge is 0.497 e. The summed E-state index contributed by atoms with van der Waals surface area (Å²) in [7, 11) is 3.24. The Hall–Kier alpha value is -3.82. The summed E-state index contributed by atoms with van der Waals surface area (Å²) in [5, 5.41) is 9.83. The number of fused-ring (bicyclic) bond motifs is 1. The Kier molecular flexibility index (Phi) is 9.71. The van der Waals surface area contributed by atoms with Gasteiger partial charge in [0.05, 0.1) is 32.6 Å². The highest BCUT2D eigenvalue weighted by atomic mass is 16.5. The molecule has 37 heavy (non-hydrogen) atoms. The lowest BCUT2D eigenvalue weighted by molar-refractivity contribution is -0.119. The second-order valence-corrected chi connectivity index (χ2v) is 9.10. The van der Waals surface area contributed by atoms with E-state index < -0.39 is 5.54 Å². The van der Waals surface area contributed by atoms with Crippen LogP contribution in [0.4, 0.5) is 11.8 Å². The summed E-state index contributed by atoms with van der Waals surface area (Å²) in [6.45, 7) is 9.09. The molecule has 0 spiro atoms. The van der Waals surface area contributed by atoms with Crippen LogP contribution in [0.15, 0.2) is 30.5 Å². The van der Waals surface area contributed by atoms with Crippen molar-refractivity contribution in [2.75, 3.05) is 38.0 Å². The molecule has 2 aromatic heterocycles. The second kappa shape index (κ2) is 12.9. The molecule has 200 valence electrons. The number of pyridine rings is 1. The van der Waals surface area contributed by atoms with Gasteiger partial charge in [0.25, 0.3) is 0 Å². The molecule has 3 aromatic rings. The van der Waals surface area contributed by atoms with E-state index in [0.717, 1.165) is 24.8 Å². The van der Waals surface area contributed by atoms with Gasteiger partial charge in [-0.2, -0.15) is 4.98 Å². The van der Waals surface area contributed by atoms with Crippen molar-refractivity contribution in [2.24, 2.45) is 0 Å². The highest BCUT2D eigenvalue weighted by molar-refractivity contribution is 5.87. The molecule has 2 heterocycles. The summed E-state index contributed by atoms with van der Waals surface area (Å²) in [6.07, 6.45) is 4.55. The monoisotopic (exact) mass is 510 g/mol. The smallest absolute Gasteiger partial charge is 0.225 e. The highest BCUT2D eigenvalue weighted by Crippen LogP contribution is 2.29. The SMILES string of the molecule is CCCC[C@](C)(CNC(C)=O)Nc1nc(NCc2ccc(OC)cc2OC)nc2cc(OCC)cnc12. The van der Waals surface area contributed by atoms with E-state index in [1.807, 2.05) is 31.2 Å². The topological polar surface area (TPSA) is 120 Å². The van der Waals surface area contributed by atoms with Crippen LogP contribution in [0.25, 0.3) is 11.0 Å². The van der Waals surface area contributed by atoms with Gasteiger partial charge in [0.2, 0.25) is 11.9 Å². The molecule has 0 aliphatic carbocycles. The Balaban J connectivity index is 1.97. The van der Waals surface area contributed by atoms with Gasteiger partial charge in [-0.15, -0.1) is 0 Å². The molecule has 3 rings (SSSR count). The molecule has 3 N–H and O–H groups in total. The zero-order valence-electron chi connectivity index (χ0n) is 22.6. The molecular weight excluding hydrogens is 472 g/mol. The number of nitrogens with zero attached hydrogens (tertiary/aromatic N) is 3. The fraction of sp³-hybridized carbons (Fsp3) is 0.481. The third kappa shape index (κ3) is 7.58. The van der Waals surface area contributed by atoms with Crippen LogP contribution in [0.3, 0.4) is 0 Å². The minimum absolute atomic E-state index is 0.0765. The fourth-order valence-corrected chi connectivity index (χ4v) is 3.95.